The minimum atomic E-state index is -0.624. The van der Waals surface area contributed by atoms with Crippen LogP contribution >= 0.6 is 34.8 Å². The number of benzene rings is 3. The molecular weight excluding hydrogens is 513 g/mol. The number of ether oxygens (including phenoxy) is 3. The Morgan fingerprint density at radius 3 is 2.49 bits per heavy atom. The van der Waals surface area contributed by atoms with E-state index < -0.39 is 11.9 Å². The summed E-state index contributed by atoms with van der Waals surface area (Å²) in [7, 11) is 0. The molecule has 0 saturated carbocycles. The second-order valence-corrected chi connectivity index (χ2v) is 8.68. The maximum atomic E-state index is 12.6. The van der Waals surface area contributed by atoms with Crippen molar-refractivity contribution in [3.8, 4) is 11.5 Å². The van der Waals surface area contributed by atoms with Gasteiger partial charge in [0.1, 0.15) is 0 Å². The van der Waals surface area contributed by atoms with Crippen molar-refractivity contribution >= 4 is 58.7 Å². The average molecular weight is 531 g/mol. The van der Waals surface area contributed by atoms with Gasteiger partial charge in [0, 0.05) is 10.6 Å². The van der Waals surface area contributed by atoms with Crippen LogP contribution in [0.1, 0.15) is 34.0 Å². The first kappa shape index (κ1) is 24.8. The van der Waals surface area contributed by atoms with Crippen molar-refractivity contribution in [3.63, 3.8) is 0 Å². The molecule has 1 aliphatic rings. The molecular formula is C26H18Cl3NO5. The predicted molar refractivity (Wildman–Crippen MR) is 136 cm³/mol. The Morgan fingerprint density at radius 1 is 0.971 bits per heavy atom. The quantitative estimate of drug-likeness (QED) is 0.196. The highest BCUT2D eigenvalue weighted by Crippen LogP contribution is 2.32. The molecule has 0 atom stereocenters. The van der Waals surface area contributed by atoms with Gasteiger partial charge in [-0.05, 0) is 73.5 Å². The molecule has 3 aromatic rings. The van der Waals surface area contributed by atoms with E-state index in [0.29, 0.717) is 33.5 Å². The normalized spacial score (nSPS) is 14.0. The van der Waals surface area contributed by atoms with E-state index in [9.17, 15) is 9.59 Å². The third-order valence-corrected chi connectivity index (χ3v) is 6.11. The van der Waals surface area contributed by atoms with Gasteiger partial charge in [-0.3, -0.25) is 0 Å². The number of carbonyl (C=O) groups is 2. The van der Waals surface area contributed by atoms with Crippen molar-refractivity contribution in [2.75, 3.05) is 6.61 Å². The Bertz CT molecular complexity index is 1400. The number of halogens is 3. The molecule has 0 N–H and O–H groups in total. The second-order valence-electron chi connectivity index (χ2n) is 7.46. The van der Waals surface area contributed by atoms with Gasteiger partial charge < -0.3 is 14.2 Å². The maximum absolute atomic E-state index is 12.6. The highest BCUT2D eigenvalue weighted by molar-refractivity contribution is 6.42. The summed E-state index contributed by atoms with van der Waals surface area (Å²) >= 11 is 18.1. The Labute approximate surface area is 216 Å². The zero-order valence-corrected chi connectivity index (χ0v) is 20.9. The van der Waals surface area contributed by atoms with Crippen molar-refractivity contribution < 1.29 is 23.8 Å². The summed E-state index contributed by atoms with van der Waals surface area (Å²) in [5, 5.41) is 1.12. The lowest BCUT2D eigenvalue weighted by molar-refractivity contribution is -0.129. The monoisotopic (exact) mass is 529 g/mol. The number of aliphatic imine (C=N–C) groups is 1. The van der Waals surface area contributed by atoms with Gasteiger partial charge in [-0.1, -0.05) is 46.9 Å². The van der Waals surface area contributed by atoms with E-state index in [1.165, 1.54) is 18.2 Å². The summed E-state index contributed by atoms with van der Waals surface area (Å²) < 4.78 is 16.5. The molecule has 0 fully saturated rings. The largest absolute Gasteiger partial charge is 0.490 e. The highest BCUT2D eigenvalue weighted by atomic mass is 35.5. The Hall–Kier alpha value is -3.32. The molecule has 0 spiro atoms. The lowest BCUT2D eigenvalue weighted by Gasteiger charge is -2.12. The van der Waals surface area contributed by atoms with E-state index in [1.807, 2.05) is 13.0 Å². The maximum Gasteiger partial charge on any atom is 0.363 e. The van der Waals surface area contributed by atoms with Gasteiger partial charge in [-0.25, -0.2) is 14.6 Å². The molecule has 0 aromatic heterocycles. The average Bonchev–Trinajstić information content (AvgIpc) is 3.19. The van der Waals surface area contributed by atoms with Crippen molar-refractivity contribution in [3.05, 3.63) is 97.6 Å². The van der Waals surface area contributed by atoms with Crippen LogP contribution in [0, 0.1) is 6.92 Å². The number of cyclic esters (lactones) is 1. The lowest BCUT2D eigenvalue weighted by Crippen LogP contribution is -2.09. The molecule has 35 heavy (non-hydrogen) atoms. The second kappa shape index (κ2) is 10.5. The Kier molecular flexibility index (Phi) is 7.45. The number of nitrogens with zero attached hydrogens (tertiary/aromatic N) is 1. The SMILES string of the molecule is CCOc1cc(/C=C2\N=C(c3ccc(C)c(Cl)c3)OC2=O)ccc1OC(=O)c1ccc(Cl)c(Cl)c1. The summed E-state index contributed by atoms with van der Waals surface area (Å²) in [6, 6.07) is 14.6. The minimum Gasteiger partial charge on any atom is -0.490 e. The van der Waals surface area contributed by atoms with Crippen LogP contribution in [0.3, 0.4) is 0 Å². The smallest absolute Gasteiger partial charge is 0.363 e. The molecule has 6 nitrogen and oxygen atoms in total. The first-order valence-electron chi connectivity index (χ1n) is 10.5. The molecule has 1 heterocycles. The lowest BCUT2D eigenvalue weighted by atomic mass is 10.1. The van der Waals surface area contributed by atoms with Crippen molar-refractivity contribution in [2.45, 2.75) is 13.8 Å². The Morgan fingerprint density at radius 2 is 1.77 bits per heavy atom. The predicted octanol–water partition coefficient (Wildman–Crippen LogP) is 6.92. The molecule has 1 aliphatic heterocycles. The van der Waals surface area contributed by atoms with E-state index in [-0.39, 0.29) is 27.9 Å². The number of esters is 2. The van der Waals surface area contributed by atoms with Crippen LogP contribution in [0.4, 0.5) is 0 Å². The highest BCUT2D eigenvalue weighted by Gasteiger charge is 2.25. The summed E-state index contributed by atoms with van der Waals surface area (Å²) in [5.74, 6) is -0.528. The van der Waals surface area contributed by atoms with Gasteiger partial charge >= 0.3 is 11.9 Å². The number of rotatable bonds is 6. The van der Waals surface area contributed by atoms with Crippen molar-refractivity contribution in [1.82, 2.24) is 0 Å². The fourth-order valence-electron chi connectivity index (χ4n) is 3.17. The Balaban J connectivity index is 1.59. The van der Waals surface area contributed by atoms with Crippen LogP contribution in [-0.2, 0) is 9.53 Å². The minimum absolute atomic E-state index is 0.111. The van der Waals surface area contributed by atoms with Gasteiger partial charge in [0.2, 0.25) is 5.90 Å². The molecule has 0 radical (unpaired) electrons. The molecule has 0 aliphatic carbocycles. The zero-order valence-electron chi connectivity index (χ0n) is 18.6. The van der Waals surface area contributed by atoms with E-state index in [4.69, 9.17) is 49.0 Å². The molecule has 0 saturated heterocycles. The molecule has 9 heteroatoms. The number of carbonyl (C=O) groups excluding carboxylic acids is 2. The molecule has 0 bridgehead atoms. The number of hydrogen-bond donors (Lipinski definition) is 0. The van der Waals surface area contributed by atoms with Gasteiger partial charge in [0.15, 0.2) is 17.2 Å². The van der Waals surface area contributed by atoms with Crippen LogP contribution < -0.4 is 9.47 Å². The van der Waals surface area contributed by atoms with E-state index >= 15 is 0 Å². The summed E-state index contributed by atoms with van der Waals surface area (Å²) in [6.45, 7) is 4.00. The van der Waals surface area contributed by atoms with E-state index in [0.717, 1.165) is 5.56 Å². The summed E-state index contributed by atoms with van der Waals surface area (Å²) in [5.41, 5.74) is 2.44. The van der Waals surface area contributed by atoms with Crippen LogP contribution in [0.5, 0.6) is 11.5 Å². The van der Waals surface area contributed by atoms with Crippen LogP contribution in [0.25, 0.3) is 6.08 Å². The fourth-order valence-corrected chi connectivity index (χ4v) is 3.64. The van der Waals surface area contributed by atoms with Crippen LogP contribution in [-0.4, -0.2) is 24.4 Å². The molecule has 4 rings (SSSR count). The van der Waals surface area contributed by atoms with E-state index in [2.05, 4.69) is 4.99 Å². The third kappa shape index (κ3) is 5.68. The molecule has 0 unspecified atom stereocenters. The van der Waals surface area contributed by atoms with Gasteiger partial charge in [-0.2, -0.15) is 0 Å². The fraction of sp³-hybridized carbons (Fsp3) is 0.115. The molecule has 3 aromatic carbocycles. The zero-order chi connectivity index (χ0) is 25.1. The topological polar surface area (TPSA) is 74.2 Å². The first-order valence-corrected chi connectivity index (χ1v) is 11.6. The van der Waals surface area contributed by atoms with Gasteiger partial charge in [-0.15, -0.1) is 0 Å². The number of hydrogen-bond acceptors (Lipinski definition) is 6. The molecule has 178 valence electrons. The van der Waals surface area contributed by atoms with Crippen LogP contribution in [0.15, 0.2) is 65.3 Å². The summed E-state index contributed by atoms with van der Waals surface area (Å²) in [6.07, 6.45) is 1.55. The first-order chi connectivity index (χ1) is 16.7. The van der Waals surface area contributed by atoms with Crippen molar-refractivity contribution in [1.29, 1.82) is 0 Å². The molecule has 0 amide bonds. The number of aryl methyl sites for hydroxylation is 1. The standard InChI is InChI=1S/C26H18Cl3NO5/c1-3-33-23-11-15(5-9-22(23)34-25(31)17-7-8-18(27)20(29)13-17)10-21-26(32)35-24(30-21)16-6-4-14(2)19(28)12-16/h4-13H,3H2,1-2H3/b21-10-. The third-order valence-electron chi connectivity index (χ3n) is 4.97. The van der Waals surface area contributed by atoms with Gasteiger partial charge in [0.05, 0.1) is 22.2 Å². The van der Waals surface area contributed by atoms with Gasteiger partial charge in [0.25, 0.3) is 0 Å². The summed E-state index contributed by atoms with van der Waals surface area (Å²) in [4.78, 5) is 29.3. The van der Waals surface area contributed by atoms with E-state index in [1.54, 1.807) is 43.3 Å². The van der Waals surface area contributed by atoms with Crippen molar-refractivity contribution in [2.24, 2.45) is 4.99 Å². The van der Waals surface area contributed by atoms with Crippen LogP contribution in [0.2, 0.25) is 15.1 Å².